The zero-order valence-corrected chi connectivity index (χ0v) is 12.6. The van der Waals surface area contributed by atoms with Crippen LogP contribution in [0.2, 0.25) is 0 Å². The van der Waals surface area contributed by atoms with Gasteiger partial charge in [0.15, 0.2) is 0 Å². The van der Waals surface area contributed by atoms with Gasteiger partial charge in [0.05, 0.1) is 0 Å². The molecule has 1 unspecified atom stereocenters. The van der Waals surface area contributed by atoms with E-state index in [-0.39, 0.29) is 5.91 Å². The van der Waals surface area contributed by atoms with Crippen molar-refractivity contribution in [2.75, 3.05) is 7.05 Å². The van der Waals surface area contributed by atoms with Crippen LogP contribution in [0.3, 0.4) is 0 Å². The summed E-state index contributed by atoms with van der Waals surface area (Å²) in [5.41, 5.74) is 1.96. The largest absolute Gasteiger partial charge is 0.355 e. The third kappa shape index (κ3) is 4.07. The standard InChI is InChI=1S/C17H26N2O/c1-13(15-6-4-3-5-7-15)19-12-14-8-10-16(11-9-14)17(20)18-2/h8-11,13,15,19H,3-7,12H2,1-2H3,(H,18,20). The molecule has 0 heterocycles. The summed E-state index contributed by atoms with van der Waals surface area (Å²) in [7, 11) is 1.66. The Kier molecular flexibility index (Phi) is 5.60. The van der Waals surface area contributed by atoms with E-state index in [9.17, 15) is 4.79 Å². The Morgan fingerprint density at radius 2 is 1.85 bits per heavy atom. The molecule has 1 aliphatic rings. The van der Waals surface area contributed by atoms with Gasteiger partial charge >= 0.3 is 0 Å². The minimum absolute atomic E-state index is 0.0277. The van der Waals surface area contributed by atoms with Crippen molar-refractivity contribution in [1.29, 1.82) is 0 Å². The number of nitrogens with one attached hydrogen (secondary N) is 2. The molecule has 1 saturated carbocycles. The molecule has 1 fully saturated rings. The van der Waals surface area contributed by atoms with Crippen LogP contribution in [0.25, 0.3) is 0 Å². The number of carbonyl (C=O) groups excluding carboxylic acids is 1. The molecule has 0 bridgehead atoms. The molecule has 3 nitrogen and oxygen atoms in total. The molecule has 1 aromatic carbocycles. The van der Waals surface area contributed by atoms with Crippen molar-refractivity contribution in [3.8, 4) is 0 Å². The second-order valence-electron chi connectivity index (χ2n) is 5.84. The lowest BCUT2D eigenvalue weighted by molar-refractivity contribution is 0.0963. The van der Waals surface area contributed by atoms with Gasteiger partial charge in [0.25, 0.3) is 5.91 Å². The highest BCUT2D eigenvalue weighted by Gasteiger charge is 2.19. The highest BCUT2D eigenvalue weighted by Crippen LogP contribution is 2.26. The van der Waals surface area contributed by atoms with Gasteiger partial charge in [-0.05, 0) is 43.4 Å². The third-order valence-electron chi connectivity index (χ3n) is 4.43. The van der Waals surface area contributed by atoms with E-state index in [1.54, 1.807) is 7.05 Å². The van der Waals surface area contributed by atoms with Gasteiger partial charge in [-0.1, -0.05) is 31.4 Å². The average Bonchev–Trinajstić information content (AvgIpc) is 2.53. The van der Waals surface area contributed by atoms with Crippen LogP contribution in [0.15, 0.2) is 24.3 Å². The van der Waals surface area contributed by atoms with E-state index in [4.69, 9.17) is 0 Å². The molecule has 20 heavy (non-hydrogen) atoms. The van der Waals surface area contributed by atoms with Crippen LogP contribution < -0.4 is 10.6 Å². The maximum atomic E-state index is 11.5. The molecular weight excluding hydrogens is 248 g/mol. The summed E-state index contributed by atoms with van der Waals surface area (Å²) >= 11 is 0. The molecule has 1 amide bonds. The Morgan fingerprint density at radius 1 is 1.20 bits per heavy atom. The van der Waals surface area contributed by atoms with Crippen molar-refractivity contribution >= 4 is 5.91 Å². The number of hydrogen-bond acceptors (Lipinski definition) is 2. The van der Waals surface area contributed by atoms with Gasteiger partial charge in [-0.3, -0.25) is 4.79 Å². The van der Waals surface area contributed by atoms with Gasteiger partial charge in [0, 0.05) is 25.2 Å². The van der Waals surface area contributed by atoms with E-state index in [0.29, 0.717) is 6.04 Å². The van der Waals surface area contributed by atoms with Crippen LogP contribution in [-0.4, -0.2) is 19.0 Å². The van der Waals surface area contributed by atoms with Gasteiger partial charge in [-0.15, -0.1) is 0 Å². The number of hydrogen-bond donors (Lipinski definition) is 2. The molecule has 0 saturated heterocycles. The Bertz CT molecular complexity index is 421. The van der Waals surface area contributed by atoms with Crippen molar-refractivity contribution in [1.82, 2.24) is 10.6 Å². The van der Waals surface area contributed by atoms with Crippen LogP contribution in [0, 0.1) is 5.92 Å². The van der Waals surface area contributed by atoms with Gasteiger partial charge in [0.1, 0.15) is 0 Å². The Labute approximate surface area is 122 Å². The van der Waals surface area contributed by atoms with Crippen molar-refractivity contribution < 1.29 is 4.79 Å². The molecular formula is C17H26N2O. The molecule has 0 radical (unpaired) electrons. The minimum atomic E-state index is -0.0277. The van der Waals surface area contributed by atoms with Gasteiger partial charge in [0.2, 0.25) is 0 Å². The molecule has 1 aliphatic carbocycles. The van der Waals surface area contributed by atoms with E-state index in [1.165, 1.54) is 37.7 Å². The van der Waals surface area contributed by atoms with E-state index in [1.807, 2.05) is 24.3 Å². The van der Waals surface area contributed by atoms with Gasteiger partial charge in [-0.25, -0.2) is 0 Å². The van der Waals surface area contributed by atoms with Crippen LogP contribution in [0.4, 0.5) is 0 Å². The lowest BCUT2D eigenvalue weighted by atomic mass is 9.84. The first kappa shape index (κ1) is 15.0. The quantitative estimate of drug-likeness (QED) is 0.866. The van der Waals surface area contributed by atoms with Crippen molar-refractivity contribution in [3.05, 3.63) is 35.4 Å². The number of carbonyl (C=O) groups is 1. The number of benzene rings is 1. The van der Waals surface area contributed by atoms with E-state index >= 15 is 0 Å². The van der Waals surface area contributed by atoms with Crippen LogP contribution in [0.1, 0.15) is 54.9 Å². The predicted octanol–water partition coefficient (Wildman–Crippen LogP) is 3.10. The topological polar surface area (TPSA) is 41.1 Å². The first-order chi connectivity index (χ1) is 9.70. The number of amides is 1. The summed E-state index contributed by atoms with van der Waals surface area (Å²) in [6.07, 6.45) is 6.91. The molecule has 1 aromatic rings. The smallest absolute Gasteiger partial charge is 0.251 e. The van der Waals surface area contributed by atoms with E-state index in [2.05, 4.69) is 17.6 Å². The summed E-state index contributed by atoms with van der Waals surface area (Å²) in [6, 6.07) is 8.42. The summed E-state index contributed by atoms with van der Waals surface area (Å²) in [5, 5.41) is 6.27. The first-order valence-corrected chi connectivity index (χ1v) is 7.75. The van der Waals surface area contributed by atoms with Gasteiger partial charge in [-0.2, -0.15) is 0 Å². The molecule has 2 rings (SSSR count). The molecule has 2 N–H and O–H groups in total. The fourth-order valence-corrected chi connectivity index (χ4v) is 3.00. The fourth-order valence-electron chi connectivity index (χ4n) is 3.00. The van der Waals surface area contributed by atoms with Crippen molar-refractivity contribution in [3.63, 3.8) is 0 Å². The molecule has 0 aliphatic heterocycles. The molecule has 0 spiro atoms. The second-order valence-corrected chi connectivity index (χ2v) is 5.84. The summed E-state index contributed by atoms with van der Waals surface area (Å²) in [6.45, 7) is 3.18. The maximum absolute atomic E-state index is 11.5. The van der Waals surface area contributed by atoms with Crippen molar-refractivity contribution in [2.24, 2.45) is 5.92 Å². The average molecular weight is 274 g/mol. The molecule has 0 aromatic heterocycles. The zero-order valence-electron chi connectivity index (χ0n) is 12.6. The van der Waals surface area contributed by atoms with Gasteiger partial charge < -0.3 is 10.6 Å². The summed E-state index contributed by atoms with van der Waals surface area (Å²) in [4.78, 5) is 11.5. The number of rotatable bonds is 5. The first-order valence-electron chi connectivity index (χ1n) is 7.75. The minimum Gasteiger partial charge on any atom is -0.355 e. The SMILES string of the molecule is CNC(=O)c1ccc(CNC(C)C2CCCCC2)cc1. The highest BCUT2D eigenvalue weighted by atomic mass is 16.1. The second kappa shape index (κ2) is 7.44. The highest BCUT2D eigenvalue weighted by molar-refractivity contribution is 5.93. The third-order valence-corrected chi connectivity index (χ3v) is 4.43. The normalized spacial score (nSPS) is 17.7. The molecule has 3 heteroatoms. The van der Waals surface area contributed by atoms with Crippen LogP contribution in [-0.2, 0) is 6.54 Å². The maximum Gasteiger partial charge on any atom is 0.251 e. The lowest BCUT2D eigenvalue weighted by Crippen LogP contribution is -2.34. The Morgan fingerprint density at radius 3 is 2.45 bits per heavy atom. The Balaban J connectivity index is 1.82. The zero-order chi connectivity index (χ0) is 14.4. The van der Waals surface area contributed by atoms with Crippen molar-refractivity contribution in [2.45, 2.75) is 51.6 Å². The Hall–Kier alpha value is -1.35. The predicted molar refractivity (Wildman–Crippen MR) is 82.7 cm³/mol. The van der Waals surface area contributed by atoms with E-state index < -0.39 is 0 Å². The van der Waals surface area contributed by atoms with Crippen LogP contribution in [0.5, 0.6) is 0 Å². The molecule has 110 valence electrons. The molecule has 1 atom stereocenters. The summed E-state index contributed by atoms with van der Waals surface area (Å²) in [5.74, 6) is 0.800. The van der Waals surface area contributed by atoms with E-state index in [0.717, 1.165) is 18.0 Å². The van der Waals surface area contributed by atoms with Crippen LogP contribution >= 0.6 is 0 Å². The monoisotopic (exact) mass is 274 g/mol. The fraction of sp³-hybridized carbons (Fsp3) is 0.588. The lowest BCUT2D eigenvalue weighted by Gasteiger charge is -2.28. The summed E-state index contributed by atoms with van der Waals surface area (Å²) < 4.78 is 0.